The molecule has 0 spiro atoms. The van der Waals surface area contributed by atoms with Crippen LogP contribution in [0.3, 0.4) is 0 Å². The molecule has 0 fully saturated rings. The second-order valence-electron chi connectivity index (χ2n) is 3.48. The largest absolute Gasteiger partial charge is 0.284 e. The molecule has 82 valence electrons. The van der Waals surface area contributed by atoms with E-state index in [1.54, 1.807) is 7.05 Å². The molecule has 0 saturated heterocycles. The van der Waals surface area contributed by atoms with Crippen molar-refractivity contribution in [2.75, 3.05) is 7.05 Å². The molecule has 15 heavy (non-hydrogen) atoms. The summed E-state index contributed by atoms with van der Waals surface area (Å²) in [4.78, 5) is 11.2. The quantitative estimate of drug-likeness (QED) is 0.518. The number of carbonyl (C=O) groups excluding carboxylic acids is 1. The molecule has 0 bridgehead atoms. The summed E-state index contributed by atoms with van der Waals surface area (Å²) in [7, 11) is 1.57. The summed E-state index contributed by atoms with van der Waals surface area (Å²) >= 11 is 3.38. The number of amides is 1. The Kier molecular flexibility index (Phi) is 4.78. The van der Waals surface area contributed by atoms with Crippen molar-refractivity contribution in [1.29, 1.82) is 0 Å². The van der Waals surface area contributed by atoms with E-state index in [4.69, 9.17) is 5.84 Å². The van der Waals surface area contributed by atoms with E-state index in [-0.39, 0.29) is 5.91 Å². The monoisotopic (exact) mass is 270 g/mol. The predicted molar refractivity (Wildman–Crippen MR) is 64.0 cm³/mol. The Labute approximate surface area is 98.4 Å². The normalized spacial score (nSPS) is 10.1. The van der Waals surface area contributed by atoms with E-state index >= 15 is 0 Å². The minimum atomic E-state index is -0.0212. The van der Waals surface area contributed by atoms with Crippen LogP contribution < -0.4 is 5.84 Å². The van der Waals surface area contributed by atoms with Crippen LogP contribution in [0, 0.1) is 0 Å². The Bertz CT molecular complexity index is 322. The molecule has 3 nitrogen and oxygen atoms in total. The number of nitrogens with two attached hydrogens (primary N) is 1. The van der Waals surface area contributed by atoms with Gasteiger partial charge >= 0.3 is 0 Å². The first-order chi connectivity index (χ1) is 7.09. The number of hydrogen-bond donors (Lipinski definition) is 1. The van der Waals surface area contributed by atoms with Gasteiger partial charge in [-0.15, -0.1) is 0 Å². The predicted octanol–water partition coefficient (Wildman–Crippen LogP) is 2.10. The van der Waals surface area contributed by atoms with Gasteiger partial charge in [-0.3, -0.25) is 9.80 Å². The van der Waals surface area contributed by atoms with Crippen LogP contribution >= 0.6 is 15.9 Å². The lowest BCUT2D eigenvalue weighted by molar-refractivity contribution is -0.130. The molecule has 0 aromatic heterocycles. The summed E-state index contributed by atoms with van der Waals surface area (Å²) in [6.45, 7) is 0. The molecule has 4 heteroatoms. The second kappa shape index (κ2) is 5.88. The Morgan fingerprint density at radius 3 is 2.53 bits per heavy atom. The van der Waals surface area contributed by atoms with Gasteiger partial charge in [0.15, 0.2) is 0 Å². The fourth-order valence-corrected chi connectivity index (χ4v) is 1.54. The van der Waals surface area contributed by atoms with Crippen molar-refractivity contribution < 1.29 is 4.79 Å². The maximum atomic E-state index is 11.2. The number of hydrazine groups is 1. The Hall–Kier alpha value is -0.870. The lowest BCUT2D eigenvalue weighted by Crippen LogP contribution is -2.32. The zero-order valence-electron chi connectivity index (χ0n) is 8.74. The van der Waals surface area contributed by atoms with Gasteiger partial charge in [-0.1, -0.05) is 28.1 Å². The lowest BCUT2D eigenvalue weighted by atomic mass is 10.1. The number of benzene rings is 1. The molecule has 0 unspecified atom stereocenters. The molecule has 2 N–H and O–H groups in total. The van der Waals surface area contributed by atoms with Crippen molar-refractivity contribution in [2.24, 2.45) is 5.84 Å². The van der Waals surface area contributed by atoms with Gasteiger partial charge < -0.3 is 0 Å². The molecule has 1 amide bonds. The zero-order valence-corrected chi connectivity index (χ0v) is 10.3. The van der Waals surface area contributed by atoms with Gasteiger partial charge in [0, 0.05) is 17.9 Å². The van der Waals surface area contributed by atoms with Gasteiger partial charge in [0.1, 0.15) is 0 Å². The third kappa shape index (κ3) is 4.44. The van der Waals surface area contributed by atoms with Crippen molar-refractivity contribution in [3.8, 4) is 0 Å². The maximum absolute atomic E-state index is 11.2. The topological polar surface area (TPSA) is 46.3 Å². The number of hydrogen-bond acceptors (Lipinski definition) is 2. The number of nitrogens with zero attached hydrogens (tertiary/aromatic N) is 1. The van der Waals surface area contributed by atoms with E-state index in [1.165, 1.54) is 5.56 Å². The summed E-state index contributed by atoms with van der Waals surface area (Å²) in [5, 5.41) is 1.14. The number of halogens is 1. The molecule has 0 radical (unpaired) electrons. The summed E-state index contributed by atoms with van der Waals surface area (Å²) in [5.74, 6) is 5.29. The molecule has 0 aliphatic heterocycles. The van der Waals surface area contributed by atoms with E-state index in [0.29, 0.717) is 6.42 Å². The average Bonchev–Trinajstić information content (AvgIpc) is 2.20. The van der Waals surface area contributed by atoms with Gasteiger partial charge in [-0.25, -0.2) is 5.84 Å². The molecule has 1 aromatic rings. The van der Waals surface area contributed by atoms with Crippen molar-refractivity contribution in [2.45, 2.75) is 19.3 Å². The first kappa shape index (κ1) is 12.2. The maximum Gasteiger partial charge on any atom is 0.236 e. The standard InChI is InChI=1S/C11H15BrN2O/c1-14(13)11(15)4-2-3-9-5-7-10(12)8-6-9/h5-8H,2-4,13H2,1H3. The van der Waals surface area contributed by atoms with E-state index in [1.807, 2.05) is 12.1 Å². The third-order valence-electron chi connectivity index (χ3n) is 2.16. The van der Waals surface area contributed by atoms with E-state index in [2.05, 4.69) is 28.1 Å². The second-order valence-corrected chi connectivity index (χ2v) is 4.40. The van der Waals surface area contributed by atoms with Crippen LogP contribution in [0.1, 0.15) is 18.4 Å². The number of carbonyl (C=O) groups is 1. The van der Waals surface area contributed by atoms with E-state index in [9.17, 15) is 4.79 Å². The van der Waals surface area contributed by atoms with Crippen LogP contribution in [-0.2, 0) is 11.2 Å². The van der Waals surface area contributed by atoms with Gasteiger partial charge in [0.25, 0.3) is 0 Å². The molecule has 1 aromatic carbocycles. The molecule has 0 aliphatic rings. The van der Waals surface area contributed by atoms with Crippen molar-refractivity contribution in [1.82, 2.24) is 5.01 Å². The SMILES string of the molecule is CN(N)C(=O)CCCc1ccc(Br)cc1. The lowest BCUT2D eigenvalue weighted by Gasteiger charge is -2.09. The molecule has 0 aliphatic carbocycles. The first-order valence-corrected chi connectivity index (χ1v) is 5.64. The van der Waals surface area contributed by atoms with Crippen LogP contribution in [0.4, 0.5) is 0 Å². The highest BCUT2D eigenvalue weighted by molar-refractivity contribution is 9.10. The van der Waals surface area contributed by atoms with E-state index in [0.717, 1.165) is 22.3 Å². The van der Waals surface area contributed by atoms with Crippen molar-refractivity contribution in [3.63, 3.8) is 0 Å². The molecular weight excluding hydrogens is 256 g/mol. The molecule has 0 saturated carbocycles. The van der Waals surface area contributed by atoms with Crippen LogP contribution in [0.25, 0.3) is 0 Å². The summed E-state index contributed by atoms with van der Waals surface area (Å²) in [5.41, 5.74) is 1.24. The minimum Gasteiger partial charge on any atom is -0.284 e. The molecule has 1 rings (SSSR count). The molecule has 0 heterocycles. The Morgan fingerprint density at radius 2 is 2.00 bits per heavy atom. The fraction of sp³-hybridized carbons (Fsp3) is 0.364. The Balaban J connectivity index is 2.32. The summed E-state index contributed by atoms with van der Waals surface area (Å²) < 4.78 is 1.07. The molecule has 0 atom stereocenters. The number of rotatable bonds is 4. The number of aryl methyl sites for hydroxylation is 1. The minimum absolute atomic E-state index is 0.0212. The highest BCUT2D eigenvalue weighted by atomic mass is 79.9. The van der Waals surface area contributed by atoms with Crippen molar-refractivity contribution >= 4 is 21.8 Å². The zero-order chi connectivity index (χ0) is 11.3. The summed E-state index contributed by atoms with van der Waals surface area (Å²) in [6.07, 6.45) is 2.25. The van der Waals surface area contributed by atoms with Gasteiger partial charge in [-0.2, -0.15) is 0 Å². The highest BCUT2D eigenvalue weighted by Crippen LogP contribution is 2.12. The first-order valence-electron chi connectivity index (χ1n) is 4.85. The smallest absolute Gasteiger partial charge is 0.236 e. The van der Waals surface area contributed by atoms with E-state index < -0.39 is 0 Å². The Morgan fingerprint density at radius 1 is 1.40 bits per heavy atom. The third-order valence-corrected chi connectivity index (χ3v) is 2.69. The van der Waals surface area contributed by atoms with Gasteiger partial charge in [-0.05, 0) is 30.5 Å². The summed E-state index contributed by atoms with van der Waals surface area (Å²) in [6, 6.07) is 8.12. The van der Waals surface area contributed by atoms with Crippen LogP contribution in [-0.4, -0.2) is 18.0 Å². The fourth-order valence-electron chi connectivity index (χ4n) is 1.27. The van der Waals surface area contributed by atoms with Crippen LogP contribution in [0.5, 0.6) is 0 Å². The van der Waals surface area contributed by atoms with Gasteiger partial charge in [0.2, 0.25) is 5.91 Å². The molecular formula is C11H15BrN2O. The van der Waals surface area contributed by atoms with Gasteiger partial charge in [0.05, 0.1) is 0 Å². The average molecular weight is 271 g/mol. The van der Waals surface area contributed by atoms with Crippen molar-refractivity contribution in [3.05, 3.63) is 34.3 Å². The van der Waals surface area contributed by atoms with Crippen LogP contribution in [0.15, 0.2) is 28.7 Å². The highest BCUT2D eigenvalue weighted by Gasteiger charge is 2.03. The van der Waals surface area contributed by atoms with Crippen LogP contribution in [0.2, 0.25) is 0 Å².